The normalized spacial score (nSPS) is 11.6. The predicted molar refractivity (Wildman–Crippen MR) is 114 cm³/mol. The Kier molecular flexibility index (Phi) is 3.17. The summed E-state index contributed by atoms with van der Waals surface area (Å²) in [5.41, 5.74) is 5.13. The fraction of sp³-hybridized carbons (Fsp3) is 0. The van der Waals surface area contributed by atoms with Crippen molar-refractivity contribution in [3.63, 3.8) is 0 Å². The number of nitrogens with zero attached hydrogens (tertiary/aromatic N) is 2. The number of furan rings is 1. The molecule has 3 heterocycles. The first-order valence-electron chi connectivity index (χ1n) is 9.32. The van der Waals surface area contributed by atoms with E-state index < -0.39 is 0 Å². The predicted octanol–water partition coefficient (Wildman–Crippen LogP) is 6.59. The highest BCUT2D eigenvalue weighted by atomic mass is 16.3. The molecule has 0 amide bonds. The summed E-state index contributed by atoms with van der Waals surface area (Å²) in [4.78, 5) is 5.00. The molecule has 3 aromatic carbocycles. The molecule has 0 bridgehead atoms. The molecule has 0 fully saturated rings. The summed E-state index contributed by atoms with van der Waals surface area (Å²) in [6.07, 6.45) is 1.75. The first-order valence-corrected chi connectivity index (χ1v) is 9.32. The second kappa shape index (κ2) is 5.83. The van der Waals surface area contributed by atoms with Gasteiger partial charge in [0.05, 0.1) is 23.0 Å². The van der Waals surface area contributed by atoms with Crippen LogP contribution in [0.3, 0.4) is 0 Å². The zero-order valence-corrected chi connectivity index (χ0v) is 15.0. The van der Waals surface area contributed by atoms with Gasteiger partial charge in [-0.2, -0.15) is 0 Å². The van der Waals surface area contributed by atoms with Crippen molar-refractivity contribution >= 4 is 32.8 Å². The van der Waals surface area contributed by atoms with E-state index >= 15 is 0 Å². The second-order valence-electron chi connectivity index (χ2n) is 6.90. The van der Waals surface area contributed by atoms with Gasteiger partial charge in [-0.3, -0.25) is 4.57 Å². The second-order valence-corrected chi connectivity index (χ2v) is 6.90. The highest BCUT2D eigenvalue weighted by molar-refractivity contribution is 6.16. The minimum atomic E-state index is 0.886. The zero-order valence-electron chi connectivity index (χ0n) is 15.0. The molecule has 3 heteroatoms. The molecule has 0 aliphatic rings. The van der Waals surface area contributed by atoms with Gasteiger partial charge in [0, 0.05) is 21.7 Å². The number of rotatable bonds is 2. The molecule has 28 heavy (non-hydrogen) atoms. The van der Waals surface area contributed by atoms with Gasteiger partial charge < -0.3 is 4.42 Å². The fourth-order valence-corrected chi connectivity index (χ4v) is 4.03. The van der Waals surface area contributed by atoms with Crippen LogP contribution < -0.4 is 0 Å². The molecular weight excluding hydrogens is 344 g/mol. The van der Waals surface area contributed by atoms with Crippen LogP contribution in [-0.4, -0.2) is 9.55 Å². The molecule has 0 atom stereocenters. The Balaban J connectivity index is 1.73. The molecule has 0 N–H and O–H groups in total. The van der Waals surface area contributed by atoms with Crippen molar-refractivity contribution in [1.29, 1.82) is 0 Å². The van der Waals surface area contributed by atoms with Gasteiger partial charge in [0.25, 0.3) is 0 Å². The molecule has 0 aliphatic heterocycles. The monoisotopic (exact) mass is 360 g/mol. The Morgan fingerprint density at radius 3 is 2.46 bits per heavy atom. The Morgan fingerprint density at radius 1 is 0.679 bits per heavy atom. The van der Waals surface area contributed by atoms with Gasteiger partial charge >= 0.3 is 0 Å². The van der Waals surface area contributed by atoms with Gasteiger partial charge in [0.15, 0.2) is 5.58 Å². The third-order valence-corrected chi connectivity index (χ3v) is 5.29. The Bertz CT molecular complexity index is 1460. The average molecular weight is 360 g/mol. The molecule has 3 nitrogen and oxygen atoms in total. The summed E-state index contributed by atoms with van der Waals surface area (Å²) in [5.74, 6) is 0.886. The smallest absolute Gasteiger partial charge is 0.158 e. The molecule has 132 valence electrons. The minimum Gasteiger partial charge on any atom is -0.462 e. The lowest BCUT2D eigenvalue weighted by molar-refractivity contribution is 0.618. The van der Waals surface area contributed by atoms with Crippen molar-refractivity contribution in [1.82, 2.24) is 9.55 Å². The number of hydrogen-bond donors (Lipinski definition) is 0. The lowest BCUT2D eigenvalue weighted by Crippen LogP contribution is -1.98. The number of aromatic nitrogens is 2. The summed E-state index contributed by atoms with van der Waals surface area (Å²) in [6, 6.07) is 31.2. The Labute approximate surface area is 161 Å². The lowest BCUT2D eigenvalue weighted by Gasteiger charge is -2.09. The summed E-state index contributed by atoms with van der Waals surface area (Å²) < 4.78 is 8.10. The van der Waals surface area contributed by atoms with Gasteiger partial charge in [0.2, 0.25) is 0 Å². The van der Waals surface area contributed by atoms with Crippen LogP contribution in [0.15, 0.2) is 102 Å². The Morgan fingerprint density at radius 2 is 1.54 bits per heavy atom. The highest BCUT2D eigenvalue weighted by Crippen LogP contribution is 2.36. The van der Waals surface area contributed by atoms with Gasteiger partial charge in [-0.05, 0) is 24.3 Å². The largest absolute Gasteiger partial charge is 0.462 e. The standard InChI is InChI=1S/C25H16N2O/c1-2-7-17(8-3-1)21-10-6-12-23(26-21)27-22-11-5-4-9-19(22)20-14-13-18-15-16-28-25(18)24(20)27/h1-16H. The third kappa shape index (κ3) is 2.13. The van der Waals surface area contributed by atoms with Crippen LogP contribution in [0, 0.1) is 0 Å². The molecule has 0 saturated heterocycles. The van der Waals surface area contributed by atoms with Gasteiger partial charge in [-0.25, -0.2) is 4.98 Å². The summed E-state index contributed by atoms with van der Waals surface area (Å²) >= 11 is 0. The van der Waals surface area contributed by atoms with E-state index in [1.54, 1.807) is 6.26 Å². The number of para-hydroxylation sites is 1. The first-order chi connectivity index (χ1) is 13.9. The van der Waals surface area contributed by atoms with Gasteiger partial charge in [-0.15, -0.1) is 0 Å². The van der Waals surface area contributed by atoms with E-state index in [9.17, 15) is 0 Å². The molecule has 0 radical (unpaired) electrons. The van der Waals surface area contributed by atoms with Gasteiger partial charge in [-0.1, -0.05) is 66.7 Å². The van der Waals surface area contributed by atoms with Crippen LogP contribution >= 0.6 is 0 Å². The minimum absolute atomic E-state index is 0.886. The molecule has 0 aliphatic carbocycles. The maximum absolute atomic E-state index is 5.89. The van der Waals surface area contributed by atoms with Crippen molar-refractivity contribution in [2.45, 2.75) is 0 Å². The summed E-state index contributed by atoms with van der Waals surface area (Å²) in [7, 11) is 0. The van der Waals surface area contributed by atoms with Crippen LogP contribution in [0.2, 0.25) is 0 Å². The number of pyridine rings is 1. The van der Waals surface area contributed by atoms with Crippen LogP contribution in [0.25, 0.3) is 49.9 Å². The topological polar surface area (TPSA) is 31.0 Å². The lowest BCUT2D eigenvalue weighted by atomic mass is 10.1. The van der Waals surface area contributed by atoms with E-state index in [1.807, 2.05) is 24.3 Å². The van der Waals surface area contributed by atoms with E-state index in [2.05, 4.69) is 71.3 Å². The molecule has 6 rings (SSSR count). The van der Waals surface area contributed by atoms with Crippen LogP contribution in [0.1, 0.15) is 0 Å². The first kappa shape index (κ1) is 15.2. The highest BCUT2D eigenvalue weighted by Gasteiger charge is 2.17. The quantitative estimate of drug-likeness (QED) is 0.349. The van der Waals surface area contributed by atoms with E-state index in [0.29, 0.717) is 0 Å². The molecule has 0 spiro atoms. The number of hydrogen-bond acceptors (Lipinski definition) is 2. The van der Waals surface area contributed by atoms with E-state index in [-0.39, 0.29) is 0 Å². The number of benzene rings is 3. The SMILES string of the molecule is c1ccc(-c2cccc(-n3c4ccccc4c4ccc5ccoc5c43)n2)cc1. The zero-order chi connectivity index (χ0) is 18.5. The van der Waals surface area contributed by atoms with Crippen molar-refractivity contribution in [3.05, 3.63) is 97.3 Å². The van der Waals surface area contributed by atoms with Crippen molar-refractivity contribution in [2.75, 3.05) is 0 Å². The third-order valence-electron chi connectivity index (χ3n) is 5.29. The Hall–Kier alpha value is -3.85. The maximum atomic E-state index is 5.89. The molecular formula is C25H16N2O. The van der Waals surface area contributed by atoms with Crippen molar-refractivity contribution in [2.24, 2.45) is 0 Å². The van der Waals surface area contributed by atoms with Crippen molar-refractivity contribution < 1.29 is 4.42 Å². The molecule has 3 aromatic heterocycles. The fourth-order valence-electron chi connectivity index (χ4n) is 4.03. The summed E-state index contributed by atoms with van der Waals surface area (Å²) in [5, 5.41) is 3.46. The average Bonchev–Trinajstić information content (AvgIpc) is 3.37. The number of fused-ring (bicyclic) bond motifs is 5. The van der Waals surface area contributed by atoms with E-state index in [1.165, 1.54) is 10.8 Å². The van der Waals surface area contributed by atoms with E-state index in [4.69, 9.17) is 9.40 Å². The molecule has 0 unspecified atom stereocenters. The summed E-state index contributed by atoms with van der Waals surface area (Å²) in [6.45, 7) is 0. The van der Waals surface area contributed by atoms with Crippen LogP contribution in [0.5, 0.6) is 0 Å². The molecule has 0 saturated carbocycles. The molecule has 6 aromatic rings. The van der Waals surface area contributed by atoms with Gasteiger partial charge in [0.1, 0.15) is 5.82 Å². The van der Waals surface area contributed by atoms with Crippen LogP contribution in [0.4, 0.5) is 0 Å². The maximum Gasteiger partial charge on any atom is 0.158 e. The van der Waals surface area contributed by atoms with Crippen LogP contribution in [-0.2, 0) is 0 Å². The van der Waals surface area contributed by atoms with E-state index in [0.717, 1.165) is 39.1 Å². The van der Waals surface area contributed by atoms with Crippen molar-refractivity contribution in [3.8, 4) is 17.1 Å².